The number of rotatable bonds is 4. The minimum atomic E-state index is -0.261. The van der Waals surface area contributed by atoms with Crippen molar-refractivity contribution in [2.75, 3.05) is 6.54 Å². The van der Waals surface area contributed by atoms with E-state index in [4.69, 9.17) is 23.2 Å². The highest BCUT2D eigenvalue weighted by Gasteiger charge is 2.11. The molecule has 0 saturated carbocycles. The molecule has 0 bridgehead atoms. The molecular formula is C13H11Cl2N3O. The summed E-state index contributed by atoms with van der Waals surface area (Å²) in [6.45, 7) is 0.513. The van der Waals surface area contributed by atoms with Gasteiger partial charge in [-0.1, -0.05) is 23.2 Å². The average Bonchev–Trinajstić information content (AvgIpc) is 2.42. The van der Waals surface area contributed by atoms with Crippen LogP contribution in [-0.2, 0) is 6.42 Å². The van der Waals surface area contributed by atoms with E-state index in [0.717, 1.165) is 12.0 Å². The number of carbonyl (C=O) groups is 1. The fraction of sp³-hybridized carbons (Fsp3) is 0.154. The smallest absolute Gasteiger partial charge is 0.252 e. The molecule has 1 N–H and O–H groups in total. The number of halogens is 2. The molecule has 2 rings (SSSR count). The van der Waals surface area contributed by atoms with Gasteiger partial charge in [0.15, 0.2) is 0 Å². The van der Waals surface area contributed by atoms with Gasteiger partial charge in [-0.3, -0.25) is 9.78 Å². The summed E-state index contributed by atoms with van der Waals surface area (Å²) in [5, 5.41) is 3.31. The lowest BCUT2D eigenvalue weighted by Crippen LogP contribution is -2.26. The van der Waals surface area contributed by atoms with Crippen LogP contribution in [0.25, 0.3) is 0 Å². The van der Waals surface area contributed by atoms with E-state index >= 15 is 0 Å². The van der Waals surface area contributed by atoms with Crippen LogP contribution in [0.3, 0.4) is 0 Å². The first-order valence-corrected chi connectivity index (χ1v) is 6.40. The Hall–Kier alpha value is -1.65. The summed E-state index contributed by atoms with van der Waals surface area (Å²) in [6.07, 6.45) is 5.53. The van der Waals surface area contributed by atoms with Crippen molar-refractivity contribution < 1.29 is 4.79 Å². The topological polar surface area (TPSA) is 54.9 Å². The maximum absolute atomic E-state index is 11.9. The summed E-state index contributed by atoms with van der Waals surface area (Å²) in [6, 6.07) is 5.26. The van der Waals surface area contributed by atoms with Gasteiger partial charge >= 0.3 is 0 Å². The van der Waals surface area contributed by atoms with Gasteiger partial charge in [-0.05, 0) is 30.2 Å². The zero-order valence-electron chi connectivity index (χ0n) is 9.94. The Kier molecular flexibility index (Phi) is 4.71. The van der Waals surface area contributed by atoms with Crippen LogP contribution in [0, 0.1) is 0 Å². The second-order valence-electron chi connectivity index (χ2n) is 3.85. The van der Waals surface area contributed by atoms with Crippen molar-refractivity contribution in [3.63, 3.8) is 0 Å². The van der Waals surface area contributed by atoms with Crippen LogP contribution in [0.1, 0.15) is 15.9 Å². The zero-order chi connectivity index (χ0) is 13.7. The Bertz CT molecular complexity index is 575. The number of hydrogen-bond donors (Lipinski definition) is 1. The lowest BCUT2D eigenvalue weighted by Gasteiger charge is -2.06. The first-order valence-electron chi connectivity index (χ1n) is 5.65. The molecule has 0 aliphatic heterocycles. The Morgan fingerprint density at radius 1 is 1.26 bits per heavy atom. The van der Waals surface area contributed by atoms with E-state index in [1.165, 1.54) is 12.3 Å². The molecule has 1 amide bonds. The number of hydrogen-bond acceptors (Lipinski definition) is 3. The highest BCUT2D eigenvalue weighted by molar-refractivity contribution is 6.35. The van der Waals surface area contributed by atoms with Gasteiger partial charge in [0.2, 0.25) is 0 Å². The lowest BCUT2D eigenvalue weighted by molar-refractivity contribution is 0.0954. The number of nitrogens with one attached hydrogen (secondary N) is 1. The first kappa shape index (κ1) is 13.8. The lowest BCUT2D eigenvalue weighted by atomic mass is 10.2. The van der Waals surface area contributed by atoms with E-state index in [0.29, 0.717) is 12.1 Å². The van der Waals surface area contributed by atoms with E-state index in [9.17, 15) is 4.79 Å². The van der Waals surface area contributed by atoms with Gasteiger partial charge < -0.3 is 5.32 Å². The predicted octanol–water partition coefficient (Wildman–Crippen LogP) is 2.76. The summed E-state index contributed by atoms with van der Waals surface area (Å²) < 4.78 is 0. The third-order valence-corrected chi connectivity index (χ3v) is 3.02. The van der Waals surface area contributed by atoms with E-state index in [1.54, 1.807) is 12.4 Å². The Morgan fingerprint density at radius 2 is 2.00 bits per heavy atom. The first-order chi connectivity index (χ1) is 9.16. The highest BCUT2D eigenvalue weighted by atomic mass is 35.5. The summed E-state index contributed by atoms with van der Waals surface area (Å²) in [5.41, 5.74) is 1.44. The molecule has 98 valence electrons. The standard InChI is InChI=1S/C13H11Cl2N3O/c14-11-8-18-12(15)7-10(11)13(19)17-6-3-9-1-4-16-5-2-9/h1-2,4-5,7-8H,3,6H2,(H,17,19). The minimum Gasteiger partial charge on any atom is -0.352 e. The summed E-state index contributed by atoms with van der Waals surface area (Å²) in [7, 11) is 0. The van der Waals surface area contributed by atoms with Crippen LogP contribution < -0.4 is 5.32 Å². The van der Waals surface area contributed by atoms with Crippen LogP contribution >= 0.6 is 23.2 Å². The Labute approximate surface area is 120 Å². The fourth-order valence-corrected chi connectivity index (χ4v) is 1.90. The summed E-state index contributed by atoms with van der Waals surface area (Å²) >= 11 is 11.6. The van der Waals surface area contributed by atoms with Gasteiger partial charge in [0, 0.05) is 25.1 Å². The van der Waals surface area contributed by atoms with Crippen molar-refractivity contribution in [3.05, 3.63) is 58.1 Å². The monoisotopic (exact) mass is 295 g/mol. The predicted molar refractivity (Wildman–Crippen MR) is 74.5 cm³/mol. The van der Waals surface area contributed by atoms with Gasteiger partial charge in [-0.15, -0.1) is 0 Å². The molecule has 0 saturated heterocycles. The quantitative estimate of drug-likeness (QED) is 0.883. The van der Waals surface area contributed by atoms with Crippen LogP contribution in [-0.4, -0.2) is 22.4 Å². The molecule has 0 radical (unpaired) electrons. The molecule has 6 heteroatoms. The molecule has 19 heavy (non-hydrogen) atoms. The second-order valence-corrected chi connectivity index (χ2v) is 4.64. The van der Waals surface area contributed by atoms with E-state index in [-0.39, 0.29) is 16.1 Å². The van der Waals surface area contributed by atoms with Gasteiger partial charge in [0.05, 0.1) is 10.6 Å². The van der Waals surface area contributed by atoms with Gasteiger partial charge in [-0.2, -0.15) is 0 Å². The molecule has 0 unspecified atom stereocenters. The average molecular weight is 296 g/mol. The van der Waals surface area contributed by atoms with Crippen LogP contribution in [0.15, 0.2) is 36.8 Å². The molecule has 2 heterocycles. The normalized spacial score (nSPS) is 10.2. The summed E-state index contributed by atoms with van der Waals surface area (Å²) in [5.74, 6) is -0.261. The van der Waals surface area contributed by atoms with Gasteiger partial charge in [0.25, 0.3) is 5.91 Å². The maximum Gasteiger partial charge on any atom is 0.252 e. The molecule has 2 aromatic rings. The van der Waals surface area contributed by atoms with Crippen molar-refractivity contribution in [1.82, 2.24) is 15.3 Å². The van der Waals surface area contributed by atoms with Crippen molar-refractivity contribution in [1.29, 1.82) is 0 Å². The van der Waals surface area contributed by atoms with Crippen molar-refractivity contribution in [2.24, 2.45) is 0 Å². The van der Waals surface area contributed by atoms with E-state index in [1.807, 2.05) is 12.1 Å². The minimum absolute atomic E-state index is 0.240. The third kappa shape index (κ3) is 3.91. The van der Waals surface area contributed by atoms with Gasteiger partial charge in [0.1, 0.15) is 5.15 Å². The molecule has 0 aliphatic rings. The number of pyridine rings is 2. The number of nitrogens with zero attached hydrogens (tertiary/aromatic N) is 2. The van der Waals surface area contributed by atoms with Crippen molar-refractivity contribution in [2.45, 2.75) is 6.42 Å². The van der Waals surface area contributed by atoms with E-state index < -0.39 is 0 Å². The molecule has 4 nitrogen and oxygen atoms in total. The van der Waals surface area contributed by atoms with E-state index in [2.05, 4.69) is 15.3 Å². The molecule has 0 spiro atoms. The second kappa shape index (κ2) is 6.50. The Balaban J connectivity index is 1.93. The molecule has 2 aromatic heterocycles. The van der Waals surface area contributed by atoms with Crippen LogP contribution in [0.4, 0.5) is 0 Å². The molecule has 0 aromatic carbocycles. The zero-order valence-corrected chi connectivity index (χ0v) is 11.4. The Morgan fingerprint density at radius 3 is 2.74 bits per heavy atom. The molecule has 0 aliphatic carbocycles. The van der Waals surface area contributed by atoms with Crippen molar-refractivity contribution in [3.8, 4) is 0 Å². The van der Waals surface area contributed by atoms with Crippen molar-refractivity contribution >= 4 is 29.1 Å². The fourth-order valence-electron chi connectivity index (χ4n) is 1.55. The van der Waals surface area contributed by atoms with Crippen LogP contribution in [0.2, 0.25) is 10.2 Å². The third-order valence-electron chi connectivity index (χ3n) is 2.52. The molecular weight excluding hydrogens is 285 g/mol. The molecule has 0 fully saturated rings. The molecule has 0 atom stereocenters. The van der Waals surface area contributed by atoms with Gasteiger partial charge in [-0.25, -0.2) is 4.98 Å². The number of aromatic nitrogens is 2. The highest BCUT2D eigenvalue weighted by Crippen LogP contribution is 2.17. The summed E-state index contributed by atoms with van der Waals surface area (Å²) in [4.78, 5) is 19.6. The largest absolute Gasteiger partial charge is 0.352 e. The number of carbonyl (C=O) groups excluding carboxylic acids is 1. The van der Waals surface area contributed by atoms with Crippen LogP contribution in [0.5, 0.6) is 0 Å². The maximum atomic E-state index is 11.9. The SMILES string of the molecule is O=C(NCCc1ccncc1)c1cc(Cl)ncc1Cl. The number of amides is 1.